The van der Waals surface area contributed by atoms with E-state index in [0.717, 1.165) is 0 Å². The lowest BCUT2D eigenvalue weighted by Gasteiger charge is -2.02. The zero-order chi connectivity index (χ0) is 8.27. The fourth-order valence-corrected chi connectivity index (χ4v) is 0.764. The molecule has 0 spiro atoms. The lowest BCUT2D eigenvalue weighted by Crippen LogP contribution is -1.89. The van der Waals surface area contributed by atoms with Gasteiger partial charge in [-0.1, -0.05) is 12.1 Å². The second kappa shape index (κ2) is 3.23. The average Bonchev–Trinajstić information content (AvgIpc) is 1.99. The summed E-state index contributed by atoms with van der Waals surface area (Å²) in [5, 5.41) is 18.0. The van der Waals surface area contributed by atoms with Crippen molar-refractivity contribution in [3.8, 4) is 11.5 Å². The highest BCUT2D eigenvalue weighted by molar-refractivity contribution is 5.43. The van der Waals surface area contributed by atoms with Crippen LogP contribution in [0.25, 0.3) is 0 Å². The Balaban J connectivity index is 2.96. The van der Waals surface area contributed by atoms with Crippen LogP contribution >= 0.6 is 0 Å². The molecule has 0 aliphatic heterocycles. The molecule has 0 atom stereocenters. The quantitative estimate of drug-likeness (QED) is 0.482. The van der Waals surface area contributed by atoms with Crippen molar-refractivity contribution in [3.05, 3.63) is 23.8 Å². The van der Waals surface area contributed by atoms with Gasteiger partial charge in [0.25, 0.3) is 0 Å². The van der Waals surface area contributed by atoms with E-state index in [9.17, 15) is 0 Å². The summed E-state index contributed by atoms with van der Waals surface area (Å²) < 4.78 is 0. The Morgan fingerprint density at radius 2 is 2.09 bits per heavy atom. The van der Waals surface area contributed by atoms with Crippen LogP contribution in [0.5, 0.6) is 11.5 Å². The van der Waals surface area contributed by atoms with Crippen LogP contribution in [0, 0.1) is 0 Å². The van der Waals surface area contributed by atoms with Gasteiger partial charge in [0.1, 0.15) is 6.61 Å². The van der Waals surface area contributed by atoms with Crippen LogP contribution < -0.4 is 5.90 Å². The van der Waals surface area contributed by atoms with Crippen LogP contribution in [0.4, 0.5) is 0 Å². The summed E-state index contributed by atoms with van der Waals surface area (Å²) in [6.45, 7) is -0.139. The second-order valence-electron chi connectivity index (χ2n) is 2.06. The number of phenolic OH excluding ortho intramolecular Hbond substituents is 2. The molecule has 0 heterocycles. The van der Waals surface area contributed by atoms with Crippen LogP contribution in [-0.4, -0.2) is 10.2 Å². The molecule has 1 aromatic rings. The first kappa shape index (κ1) is 7.84. The second-order valence-corrected chi connectivity index (χ2v) is 2.06. The number of hydrogen-bond donors (Lipinski definition) is 2. The van der Waals surface area contributed by atoms with Crippen LogP contribution in [0.3, 0.4) is 0 Å². The average molecular weight is 153 g/mol. The Kier molecular flexibility index (Phi) is 2.30. The molecule has 4 nitrogen and oxygen atoms in total. The van der Waals surface area contributed by atoms with Gasteiger partial charge >= 0.3 is 0 Å². The molecule has 1 rings (SSSR count). The zero-order valence-electron chi connectivity index (χ0n) is 5.69. The van der Waals surface area contributed by atoms with Crippen molar-refractivity contribution in [3.63, 3.8) is 0 Å². The van der Waals surface area contributed by atoms with Crippen molar-refractivity contribution in [2.24, 2.45) is 0 Å². The lowest BCUT2D eigenvalue weighted by atomic mass is 10.2. The van der Waals surface area contributed by atoms with E-state index in [2.05, 4.69) is 4.84 Å². The monoisotopic (exact) mass is 153 g/mol. The van der Waals surface area contributed by atoms with E-state index in [1.807, 2.05) is 0 Å². The Hall–Kier alpha value is -1.26. The third-order valence-electron chi connectivity index (χ3n) is 1.32. The minimum absolute atomic E-state index is 0.139. The number of aromatic hydroxyl groups is 2. The van der Waals surface area contributed by atoms with Crippen LogP contribution in [0.1, 0.15) is 5.56 Å². The van der Waals surface area contributed by atoms with Crippen molar-refractivity contribution in [2.75, 3.05) is 0 Å². The summed E-state index contributed by atoms with van der Waals surface area (Å²) in [5.41, 5.74) is 0.340. The molecule has 4 heteroatoms. The predicted molar refractivity (Wildman–Crippen MR) is 36.7 cm³/mol. The maximum Gasteiger partial charge on any atom is 0.163 e. The minimum atomic E-state index is -0.262. The van der Waals surface area contributed by atoms with E-state index < -0.39 is 0 Å². The van der Waals surface area contributed by atoms with Gasteiger partial charge in [-0.05, 0) is 6.07 Å². The van der Waals surface area contributed by atoms with E-state index in [4.69, 9.17) is 16.1 Å². The topological polar surface area (TPSA) is 72.0 Å². The van der Waals surface area contributed by atoms with E-state index in [1.54, 1.807) is 6.07 Å². The molecule has 0 fully saturated rings. The molecule has 0 saturated heterocycles. The van der Waals surface area contributed by atoms with Crippen molar-refractivity contribution in [2.45, 2.75) is 6.61 Å². The van der Waals surface area contributed by atoms with Crippen molar-refractivity contribution < 1.29 is 15.1 Å². The van der Waals surface area contributed by atoms with Gasteiger partial charge < -0.3 is 10.2 Å². The van der Waals surface area contributed by atoms with E-state index in [1.165, 1.54) is 12.1 Å². The van der Waals surface area contributed by atoms with E-state index in [0.29, 0.717) is 5.56 Å². The summed E-state index contributed by atoms with van der Waals surface area (Å²) in [4.78, 5) is 3.79. The van der Waals surface area contributed by atoms with Gasteiger partial charge in [0.2, 0.25) is 0 Å². The van der Waals surface area contributed by atoms with Crippen LogP contribution in [0.2, 0.25) is 0 Å². The van der Waals surface area contributed by atoms with Gasteiger partial charge in [-0.15, -0.1) is 0 Å². The molecule has 0 bridgehead atoms. The standard InChI is InChI=1S/C7H7NO3/c8-11-4-5-2-1-3-6(9)7(5)10/h1-3,9-10H,4H2. The number of benzene rings is 1. The van der Waals surface area contributed by atoms with Gasteiger partial charge in [-0.3, -0.25) is 4.84 Å². The molecular formula is C7H7NO3. The molecule has 2 N–H and O–H groups in total. The Bertz CT molecular complexity index is 249. The fraction of sp³-hybridized carbons (Fsp3) is 0.143. The molecular weight excluding hydrogens is 146 g/mol. The minimum Gasteiger partial charge on any atom is -0.504 e. The summed E-state index contributed by atoms with van der Waals surface area (Å²) in [7, 11) is 0. The smallest absolute Gasteiger partial charge is 0.163 e. The van der Waals surface area contributed by atoms with Crippen molar-refractivity contribution in [1.82, 2.24) is 5.90 Å². The Morgan fingerprint density at radius 1 is 1.36 bits per heavy atom. The first-order valence-electron chi connectivity index (χ1n) is 3.02. The highest BCUT2D eigenvalue weighted by Crippen LogP contribution is 2.28. The van der Waals surface area contributed by atoms with Gasteiger partial charge in [-0.25, -0.2) is 0 Å². The molecule has 2 radical (unpaired) electrons. The maximum absolute atomic E-state index is 9.09. The number of para-hydroxylation sites is 1. The summed E-state index contributed by atoms with van der Waals surface area (Å²) in [5.74, 6) is 7.56. The fourth-order valence-electron chi connectivity index (χ4n) is 0.764. The SMILES string of the molecule is [N]OCc1cccc(O)c1O. The molecule has 0 aromatic heterocycles. The Labute approximate surface area is 63.8 Å². The highest BCUT2D eigenvalue weighted by atomic mass is 16.6. The maximum atomic E-state index is 9.09. The van der Waals surface area contributed by atoms with E-state index in [-0.39, 0.29) is 18.1 Å². The van der Waals surface area contributed by atoms with Gasteiger partial charge in [-0.2, -0.15) is 0 Å². The predicted octanol–water partition coefficient (Wildman–Crippen LogP) is 0.598. The number of rotatable bonds is 2. The summed E-state index contributed by atoms with van der Waals surface area (Å²) in [6, 6.07) is 4.42. The first-order chi connectivity index (χ1) is 5.25. The van der Waals surface area contributed by atoms with Crippen molar-refractivity contribution in [1.29, 1.82) is 0 Å². The number of phenols is 2. The molecule has 58 valence electrons. The van der Waals surface area contributed by atoms with Gasteiger partial charge in [0.15, 0.2) is 11.5 Å². The summed E-state index contributed by atoms with van der Waals surface area (Å²) in [6.07, 6.45) is 0. The zero-order valence-corrected chi connectivity index (χ0v) is 5.69. The lowest BCUT2D eigenvalue weighted by molar-refractivity contribution is 0.102. The molecule has 1 aromatic carbocycles. The molecule has 0 aliphatic carbocycles. The van der Waals surface area contributed by atoms with E-state index >= 15 is 0 Å². The normalized spacial score (nSPS) is 9.91. The number of nitrogens with zero attached hydrogens (tertiary/aromatic N) is 1. The van der Waals surface area contributed by atoms with Gasteiger partial charge in [0.05, 0.1) is 0 Å². The Morgan fingerprint density at radius 3 is 2.73 bits per heavy atom. The third-order valence-corrected chi connectivity index (χ3v) is 1.32. The molecule has 11 heavy (non-hydrogen) atoms. The van der Waals surface area contributed by atoms with Crippen molar-refractivity contribution >= 4 is 0 Å². The van der Waals surface area contributed by atoms with Crippen LogP contribution in [0.15, 0.2) is 18.2 Å². The molecule has 0 amide bonds. The largest absolute Gasteiger partial charge is 0.504 e. The third kappa shape index (κ3) is 1.60. The molecule has 0 aliphatic rings. The summed E-state index contributed by atoms with van der Waals surface area (Å²) >= 11 is 0. The highest BCUT2D eigenvalue weighted by Gasteiger charge is 2.04. The number of hydrogen-bond acceptors (Lipinski definition) is 3. The van der Waals surface area contributed by atoms with Gasteiger partial charge in [0, 0.05) is 11.5 Å². The molecule has 0 saturated carbocycles. The molecule has 0 unspecified atom stereocenters. The first-order valence-corrected chi connectivity index (χ1v) is 3.02. The van der Waals surface area contributed by atoms with Crippen LogP contribution in [-0.2, 0) is 11.4 Å².